The third-order valence-electron chi connectivity index (χ3n) is 3.98. The molecule has 0 spiro atoms. The van der Waals surface area contributed by atoms with Gasteiger partial charge in [0.05, 0.1) is 0 Å². The van der Waals surface area contributed by atoms with Crippen molar-refractivity contribution in [2.24, 2.45) is 0 Å². The molecule has 1 N–H and O–H groups in total. The summed E-state index contributed by atoms with van der Waals surface area (Å²) in [6, 6.07) is 2.72. The number of likely N-dealkylation sites (tertiary alicyclic amines) is 1. The van der Waals surface area contributed by atoms with Crippen molar-refractivity contribution >= 4 is 0 Å². The largest absolute Gasteiger partial charge is 0.490 e. The van der Waals surface area contributed by atoms with Crippen LogP contribution in [-0.4, -0.2) is 42.2 Å². The van der Waals surface area contributed by atoms with E-state index < -0.39 is 0 Å². The van der Waals surface area contributed by atoms with Crippen LogP contribution in [0.2, 0.25) is 0 Å². The molecule has 0 unspecified atom stereocenters. The number of nitrogens with one attached hydrogen (secondary N) is 1. The quantitative estimate of drug-likeness (QED) is 0.877. The minimum Gasteiger partial charge on any atom is -0.490 e. The van der Waals surface area contributed by atoms with Crippen molar-refractivity contribution in [3.63, 3.8) is 0 Å². The lowest BCUT2D eigenvalue weighted by Gasteiger charge is -2.29. The molecule has 1 saturated carbocycles. The molecule has 2 fully saturated rings. The monoisotopic (exact) mass is 261 g/mol. The first-order valence-corrected chi connectivity index (χ1v) is 7.33. The molecule has 4 nitrogen and oxygen atoms in total. The Hall–Kier alpha value is -1.13. The zero-order valence-electron chi connectivity index (χ0n) is 11.6. The summed E-state index contributed by atoms with van der Waals surface area (Å²) in [5.74, 6) is 1.01. The van der Waals surface area contributed by atoms with Gasteiger partial charge in [-0.15, -0.1) is 0 Å². The molecule has 2 heterocycles. The Labute approximate surface area is 115 Å². The SMILES string of the molecule is CN1CCC(Oc2ccncc2CNC2CC2)CC1. The summed E-state index contributed by atoms with van der Waals surface area (Å²) in [5.41, 5.74) is 1.19. The van der Waals surface area contributed by atoms with Crippen LogP contribution in [0, 0.1) is 0 Å². The van der Waals surface area contributed by atoms with Crippen LogP contribution in [0.25, 0.3) is 0 Å². The second kappa shape index (κ2) is 5.88. The van der Waals surface area contributed by atoms with Crippen LogP contribution >= 0.6 is 0 Å². The predicted molar refractivity (Wildman–Crippen MR) is 75.2 cm³/mol. The minimum absolute atomic E-state index is 0.360. The second-order valence-electron chi connectivity index (χ2n) is 5.76. The first-order chi connectivity index (χ1) is 9.31. The molecule has 0 atom stereocenters. The van der Waals surface area contributed by atoms with E-state index in [9.17, 15) is 0 Å². The molecule has 1 aliphatic heterocycles. The van der Waals surface area contributed by atoms with E-state index in [1.54, 1.807) is 0 Å². The first-order valence-electron chi connectivity index (χ1n) is 7.33. The molecule has 1 aromatic heterocycles. The number of hydrogen-bond donors (Lipinski definition) is 1. The summed E-state index contributed by atoms with van der Waals surface area (Å²) in [5, 5.41) is 3.53. The lowest BCUT2D eigenvalue weighted by atomic mass is 10.1. The van der Waals surface area contributed by atoms with Gasteiger partial charge in [-0.1, -0.05) is 0 Å². The third-order valence-corrected chi connectivity index (χ3v) is 3.98. The zero-order valence-corrected chi connectivity index (χ0v) is 11.6. The highest BCUT2D eigenvalue weighted by Gasteiger charge is 2.22. The summed E-state index contributed by atoms with van der Waals surface area (Å²) in [7, 11) is 2.17. The van der Waals surface area contributed by atoms with Crippen LogP contribution in [0.5, 0.6) is 5.75 Å². The Morgan fingerprint density at radius 2 is 2.11 bits per heavy atom. The van der Waals surface area contributed by atoms with Crippen molar-refractivity contribution in [1.82, 2.24) is 15.2 Å². The molecule has 0 radical (unpaired) electrons. The van der Waals surface area contributed by atoms with E-state index in [4.69, 9.17) is 4.74 Å². The maximum absolute atomic E-state index is 6.18. The van der Waals surface area contributed by atoms with Crippen molar-refractivity contribution in [2.45, 2.75) is 44.4 Å². The molecule has 19 heavy (non-hydrogen) atoms. The highest BCUT2D eigenvalue weighted by atomic mass is 16.5. The Morgan fingerprint density at radius 1 is 1.32 bits per heavy atom. The molecule has 1 saturated heterocycles. The van der Waals surface area contributed by atoms with E-state index in [2.05, 4.69) is 22.2 Å². The molecular formula is C15H23N3O. The molecule has 2 aliphatic rings. The van der Waals surface area contributed by atoms with E-state index in [-0.39, 0.29) is 0 Å². The Bertz CT molecular complexity index is 412. The van der Waals surface area contributed by atoms with Gasteiger partial charge in [-0.3, -0.25) is 4.98 Å². The van der Waals surface area contributed by atoms with Crippen LogP contribution in [-0.2, 0) is 6.54 Å². The summed E-state index contributed by atoms with van der Waals surface area (Å²) < 4.78 is 6.18. The van der Waals surface area contributed by atoms with Crippen molar-refractivity contribution in [3.05, 3.63) is 24.0 Å². The average Bonchev–Trinajstić information content (AvgIpc) is 3.25. The van der Waals surface area contributed by atoms with Crippen molar-refractivity contribution in [1.29, 1.82) is 0 Å². The van der Waals surface area contributed by atoms with E-state index in [0.717, 1.165) is 44.3 Å². The van der Waals surface area contributed by atoms with Crippen LogP contribution in [0.4, 0.5) is 0 Å². The van der Waals surface area contributed by atoms with Crippen molar-refractivity contribution in [2.75, 3.05) is 20.1 Å². The summed E-state index contributed by atoms with van der Waals surface area (Å²) in [4.78, 5) is 6.58. The maximum Gasteiger partial charge on any atom is 0.127 e. The standard InChI is InChI=1S/C15H23N3O/c1-18-8-5-14(6-9-18)19-15-4-7-16-10-12(15)11-17-13-2-3-13/h4,7,10,13-14,17H,2-3,5-6,8-9,11H2,1H3. The Kier molecular flexibility index (Phi) is 3.99. The fourth-order valence-corrected chi connectivity index (χ4v) is 2.49. The lowest BCUT2D eigenvalue weighted by Crippen LogP contribution is -2.35. The van der Waals surface area contributed by atoms with Crippen LogP contribution in [0.1, 0.15) is 31.2 Å². The number of rotatable bonds is 5. The summed E-state index contributed by atoms with van der Waals surface area (Å²) in [6.45, 7) is 3.14. The second-order valence-corrected chi connectivity index (χ2v) is 5.76. The van der Waals surface area contributed by atoms with Gasteiger partial charge >= 0.3 is 0 Å². The molecule has 0 amide bonds. The van der Waals surface area contributed by atoms with Crippen LogP contribution < -0.4 is 10.1 Å². The van der Waals surface area contributed by atoms with E-state index in [1.165, 1.54) is 18.4 Å². The van der Waals surface area contributed by atoms with Crippen molar-refractivity contribution in [3.8, 4) is 5.75 Å². The van der Waals surface area contributed by atoms with E-state index in [0.29, 0.717) is 6.10 Å². The third kappa shape index (κ3) is 3.67. The fraction of sp³-hybridized carbons (Fsp3) is 0.667. The number of ether oxygens (including phenoxy) is 1. The normalized spacial score (nSPS) is 21.5. The Balaban J connectivity index is 1.59. The van der Waals surface area contributed by atoms with Crippen LogP contribution in [0.15, 0.2) is 18.5 Å². The molecule has 1 aromatic rings. The van der Waals surface area contributed by atoms with Gasteiger partial charge in [-0.2, -0.15) is 0 Å². The zero-order chi connectivity index (χ0) is 13.1. The Morgan fingerprint density at radius 3 is 2.84 bits per heavy atom. The van der Waals surface area contributed by atoms with Crippen LogP contribution in [0.3, 0.4) is 0 Å². The molecule has 4 heteroatoms. The van der Waals surface area contributed by atoms with Gasteiger partial charge in [-0.25, -0.2) is 0 Å². The topological polar surface area (TPSA) is 37.4 Å². The van der Waals surface area contributed by atoms with E-state index in [1.807, 2.05) is 18.5 Å². The summed E-state index contributed by atoms with van der Waals surface area (Å²) in [6.07, 6.45) is 8.97. The van der Waals surface area contributed by atoms with Gasteiger partial charge < -0.3 is 15.0 Å². The number of pyridine rings is 1. The number of nitrogens with zero attached hydrogens (tertiary/aromatic N) is 2. The fourth-order valence-electron chi connectivity index (χ4n) is 2.49. The van der Waals surface area contributed by atoms with Gasteiger partial charge in [0.2, 0.25) is 0 Å². The number of aromatic nitrogens is 1. The average molecular weight is 261 g/mol. The first kappa shape index (κ1) is 12.9. The minimum atomic E-state index is 0.360. The highest BCUT2D eigenvalue weighted by Crippen LogP contribution is 2.24. The predicted octanol–water partition coefficient (Wildman–Crippen LogP) is 1.81. The molecule has 0 aromatic carbocycles. The molecular weight excluding hydrogens is 238 g/mol. The van der Waals surface area contributed by atoms with Gasteiger partial charge in [-0.05, 0) is 38.8 Å². The smallest absolute Gasteiger partial charge is 0.127 e. The highest BCUT2D eigenvalue weighted by molar-refractivity contribution is 5.30. The molecule has 1 aliphatic carbocycles. The molecule has 3 rings (SSSR count). The summed E-state index contributed by atoms with van der Waals surface area (Å²) >= 11 is 0. The molecule has 104 valence electrons. The van der Waals surface area contributed by atoms with Gasteiger partial charge in [0.25, 0.3) is 0 Å². The van der Waals surface area contributed by atoms with E-state index >= 15 is 0 Å². The van der Waals surface area contributed by atoms with Gasteiger partial charge in [0.1, 0.15) is 11.9 Å². The van der Waals surface area contributed by atoms with Gasteiger partial charge in [0, 0.05) is 43.6 Å². The lowest BCUT2D eigenvalue weighted by molar-refractivity contribution is 0.113. The number of piperidine rings is 1. The van der Waals surface area contributed by atoms with Gasteiger partial charge in [0.15, 0.2) is 0 Å². The maximum atomic E-state index is 6.18. The number of hydrogen-bond acceptors (Lipinski definition) is 4. The molecule has 0 bridgehead atoms. The van der Waals surface area contributed by atoms with Crippen molar-refractivity contribution < 1.29 is 4.74 Å².